The van der Waals surface area contributed by atoms with Crippen LogP contribution in [0.25, 0.3) is 0 Å². The van der Waals surface area contributed by atoms with E-state index in [1.54, 1.807) is 12.1 Å². The number of carboxylic acids is 1. The summed E-state index contributed by atoms with van der Waals surface area (Å²) >= 11 is 0. The first-order valence-corrected chi connectivity index (χ1v) is 7.41. The molecular formula is C15H12F2O3S. The lowest BCUT2D eigenvalue weighted by molar-refractivity contribution is -0.136. The maximum absolute atomic E-state index is 13.5. The number of carbonyl (C=O) groups is 1. The molecule has 0 spiro atoms. The Morgan fingerprint density at radius 2 is 1.62 bits per heavy atom. The summed E-state index contributed by atoms with van der Waals surface area (Å²) in [6.07, 6.45) is -0.130. The molecule has 1 atom stereocenters. The fourth-order valence-corrected chi connectivity index (χ4v) is 2.96. The average Bonchev–Trinajstić information content (AvgIpc) is 2.43. The minimum Gasteiger partial charge on any atom is -0.481 e. The molecule has 21 heavy (non-hydrogen) atoms. The number of rotatable bonds is 5. The van der Waals surface area contributed by atoms with E-state index < -0.39 is 28.4 Å². The minimum absolute atomic E-state index is 0.130. The molecule has 0 saturated carbocycles. The third-order valence-electron chi connectivity index (χ3n) is 2.88. The van der Waals surface area contributed by atoms with Crippen LogP contribution in [-0.4, -0.2) is 15.3 Å². The molecule has 0 fully saturated rings. The van der Waals surface area contributed by atoms with Gasteiger partial charge in [0, 0.05) is 10.5 Å². The zero-order valence-corrected chi connectivity index (χ0v) is 11.7. The van der Waals surface area contributed by atoms with Crippen molar-refractivity contribution >= 4 is 16.8 Å². The molecule has 0 radical (unpaired) electrons. The van der Waals surface area contributed by atoms with Gasteiger partial charge in [-0.25, -0.2) is 8.78 Å². The molecule has 0 amide bonds. The molecule has 0 aromatic heterocycles. The number of aliphatic carboxylic acids is 1. The van der Waals surface area contributed by atoms with Crippen LogP contribution in [0.2, 0.25) is 0 Å². The van der Waals surface area contributed by atoms with Gasteiger partial charge < -0.3 is 5.11 Å². The zero-order valence-electron chi connectivity index (χ0n) is 10.9. The van der Waals surface area contributed by atoms with Crippen LogP contribution in [-0.2, 0) is 27.8 Å². The van der Waals surface area contributed by atoms with Crippen LogP contribution >= 0.6 is 0 Å². The van der Waals surface area contributed by atoms with Gasteiger partial charge in [0.05, 0.1) is 23.0 Å². The van der Waals surface area contributed by atoms with E-state index in [2.05, 4.69) is 0 Å². The molecule has 2 aromatic rings. The van der Waals surface area contributed by atoms with Crippen LogP contribution in [0, 0.1) is 11.6 Å². The van der Waals surface area contributed by atoms with Crippen LogP contribution < -0.4 is 0 Å². The number of hydrogen-bond donors (Lipinski definition) is 1. The molecular weight excluding hydrogens is 298 g/mol. The number of hydrogen-bond acceptors (Lipinski definition) is 2. The quantitative estimate of drug-likeness (QED) is 0.924. The highest BCUT2D eigenvalue weighted by molar-refractivity contribution is 7.84. The first-order valence-electron chi connectivity index (χ1n) is 6.09. The SMILES string of the molecule is O=C(O)Cc1ccc(S(=O)Cc2c(F)cccc2F)cc1. The Balaban J connectivity index is 2.15. The van der Waals surface area contributed by atoms with Crippen molar-refractivity contribution in [1.29, 1.82) is 0 Å². The van der Waals surface area contributed by atoms with Crippen molar-refractivity contribution in [2.75, 3.05) is 0 Å². The highest BCUT2D eigenvalue weighted by Crippen LogP contribution is 2.18. The van der Waals surface area contributed by atoms with Gasteiger partial charge in [0.15, 0.2) is 0 Å². The normalized spacial score (nSPS) is 12.1. The molecule has 0 aliphatic heterocycles. The van der Waals surface area contributed by atoms with Gasteiger partial charge in [-0.1, -0.05) is 18.2 Å². The second-order valence-corrected chi connectivity index (χ2v) is 5.86. The molecule has 2 rings (SSSR count). The fourth-order valence-electron chi connectivity index (χ4n) is 1.82. The van der Waals surface area contributed by atoms with Crippen LogP contribution in [0.15, 0.2) is 47.4 Å². The summed E-state index contributed by atoms with van der Waals surface area (Å²) in [4.78, 5) is 11.0. The van der Waals surface area contributed by atoms with E-state index in [0.717, 1.165) is 12.1 Å². The Kier molecular flexibility index (Phi) is 4.80. The monoisotopic (exact) mass is 310 g/mol. The third-order valence-corrected chi connectivity index (χ3v) is 4.23. The Bertz CT molecular complexity index is 664. The van der Waals surface area contributed by atoms with Crippen LogP contribution in [0.5, 0.6) is 0 Å². The molecule has 110 valence electrons. The van der Waals surface area contributed by atoms with Crippen LogP contribution in [0.4, 0.5) is 8.78 Å². The van der Waals surface area contributed by atoms with E-state index in [0.29, 0.717) is 10.5 Å². The Labute approximate surface area is 122 Å². The minimum atomic E-state index is -1.60. The fraction of sp³-hybridized carbons (Fsp3) is 0.133. The van der Waals surface area contributed by atoms with Crippen LogP contribution in [0.3, 0.4) is 0 Å². The maximum atomic E-state index is 13.5. The summed E-state index contributed by atoms with van der Waals surface area (Å²) in [5.74, 6) is -2.69. The molecule has 6 heteroatoms. The van der Waals surface area contributed by atoms with Gasteiger partial charge in [0.2, 0.25) is 0 Å². The maximum Gasteiger partial charge on any atom is 0.307 e. The molecule has 0 aliphatic carbocycles. The lowest BCUT2D eigenvalue weighted by Gasteiger charge is -2.06. The largest absolute Gasteiger partial charge is 0.481 e. The van der Waals surface area contributed by atoms with Crippen molar-refractivity contribution in [3.05, 3.63) is 65.2 Å². The second kappa shape index (κ2) is 6.58. The molecule has 3 nitrogen and oxygen atoms in total. The molecule has 0 aliphatic rings. The Hall–Kier alpha value is -2.08. The van der Waals surface area contributed by atoms with E-state index in [9.17, 15) is 17.8 Å². The average molecular weight is 310 g/mol. The first-order chi connectivity index (χ1) is 9.97. The Morgan fingerprint density at radius 1 is 1.05 bits per heavy atom. The summed E-state index contributed by atoms with van der Waals surface area (Å²) in [7, 11) is -1.60. The number of benzene rings is 2. The summed E-state index contributed by atoms with van der Waals surface area (Å²) in [6.45, 7) is 0. The van der Waals surface area contributed by atoms with Crippen molar-refractivity contribution in [1.82, 2.24) is 0 Å². The van der Waals surface area contributed by atoms with Gasteiger partial charge in [-0.3, -0.25) is 9.00 Å². The van der Waals surface area contributed by atoms with E-state index >= 15 is 0 Å². The zero-order chi connectivity index (χ0) is 15.4. The highest BCUT2D eigenvalue weighted by atomic mass is 32.2. The predicted molar refractivity (Wildman–Crippen MR) is 74.3 cm³/mol. The summed E-state index contributed by atoms with van der Waals surface area (Å²) in [5, 5.41) is 8.66. The van der Waals surface area contributed by atoms with Crippen molar-refractivity contribution in [2.45, 2.75) is 17.1 Å². The van der Waals surface area contributed by atoms with Gasteiger partial charge in [0.25, 0.3) is 0 Å². The smallest absolute Gasteiger partial charge is 0.307 e. The van der Waals surface area contributed by atoms with Crippen molar-refractivity contribution in [2.24, 2.45) is 0 Å². The van der Waals surface area contributed by atoms with Gasteiger partial charge in [-0.05, 0) is 29.8 Å². The summed E-state index contributed by atoms with van der Waals surface area (Å²) in [5.41, 5.74) is 0.353. The van der Waals surface area contributed by atoms with E-state index in [-0.39, 0.29) is 17.7 Å². The molecule has 2 aromatic carbocycles. The topological polar surface area (TPSA) is 54.4 Å². The lowest BCUT2D eigenvalue weighted by atomic mass is 10.2. The first kappa shape index (κ1) is 15.3. The van der Waals surface area contributed by atoms with E-state index in [4.69, 9.17) is 5.11 Å². The number of carboxylic acid groups (broad SMARTS) is 1. The van der Waals surface area contributed by atoms with E-state index in [1.807, 2.05) is 0 Å². The van der Waals surface area contributed by atoms with E-state index in [1.165, 1.54) is 18.2 Å². The number of halogens is 2. The second-order valence-electron chi connectivity index (χ2n) is 4.40. The molecule has 0 heterocycles. The van der Waals surface area contributed by atoms with Gasteiger partial charge >= 0.3 is 5.97 Å². The molecule has 0 bridgehead atoms. The lowest BCUT2D eigenvalue weighted by Crippen LogP contribution is -2.03. The molecule has 1 unspecified atom stereocenters. The predicted octanol–water partition coefficient (Wildman–Crippen LogP) is 2.90. The molecule has 1 N–H and O–H groups in total. The van der Waals surface area contributed by atoms with Crippen LogP contribution in [0.1, 0.15) is 11.1 Å². The van der Waals surface area contributed by atoms with Crippen molar-refractivity contribution in [3.8, 4) is 0 Å². The van der Waals surface area contributed by atoms with Gasteiger partial charge in [0.1, 0.15) is 11.6 Å². The summed E-state index contributed by atoms with van der Waals surface area (Å²) in [6, 6.07) is 9.58. The highest BCUT2D eigenvalue weighted by Gasteiger charge is 2.13. The third kappa shape index (κ3) is 3.95. The summed E-state index contributed by atoms with van der Waals surface area (Å²) < 4.78 is 39.1. The van der Waals surface area contributed by atoms with Crippen molar-refractivity contribution < 1.29 is 22.9 Å². The standard InChI is InChI=1S/C15H12F2O3S/c16-13-2-1-3-14(17)12(13)9-21(20)11-6-4-10(5-7-11)8-15(18)19/h1-7H,8-9H2,(H,18,19). The van der Waals surface area contributed by atoms with Gasteiger partial charge in [-0.2, -0.15) is 0 Å². The van der Waals surface area contributed by atoms with Gasteiger partial charge in [-0.15, -0.1) is 0 Å². The Morgan fingerprint density at radius 3 is 2.14 bits per heavy atom. The molecule has 0 saturated heterocycles. The van der Waals surface area contributed by atoms with Crippen molar-refractivity contribution in [3.63, 3.8) is 0 Å².